The van der Waals surface area contributed by atoms with Crippen LogP contribution in [0.4, 0.5) is 0 Å². The molecule has 0 saturated carbocycles. The highest BCUT2D eigenvalue weighted by Crippen LogP contribution is 2.27. The molecule has 14 atom stereocenters. The quantitative estimate of drug-likeness (QED) is 0.0237. The molecule has 7 amide bonds. The van der Waals surface area contributed by atoms with Crippen LogP contribution in [0, 0.1) is 3.57 Å². The smallest absolute Gasteiger partial charge is 0.245 e. The van der Waals surface area contributed by atoms with Gasteiger partial charge < -0.3 is 98.8 Å². The molecule has 2 saturated heterocycles. The number of H-pyrrole nitrogens is 1. The summed E-state index contributed by atoms with van der Waals surface area (Å²) >= 11 is 1.89. The van der Waals surface area contributed by atoms with Crippen molar-refractivity contribution in [1.29, 1.82) is 0 Å². The number of aliphatic hydroxyl groups is 7. The van der Waals surface area contributed by atoms with Crippen LogP contribution in [0.15, 0.2) is 79.0 Å². The molecule has 2 aliphatic heterocycles. The number of hydrogen-bond donors (Lipinski definition) is 18. The molecule has 0 bridgehead atoms. The van der Waals surface area contributed by atoms with Crippen molar-refractivity contribution in [2.24, 2.45) is 5.73 Å². The highest BCUT2D eigenvalue weighted by atomic mass is 127. The molecule has 0 spiro atoms. The number of rotatable bonds is 20. The first-order valence-corrected chi connectivity index (χ1v) is 30.8. The number of phenolic OH excluding ortho intramolecular Hbond substituents is 1. The Morgan fingerprint density at radius 2 is 1.46 bits per heavy atom. The molecule has 1 aromatic heterocycles. The van der Waals surface area contributed by atoms with Gasteiger partial charge in [-0.15, -0.1) is 0 Å². The number of carbonyl (C=O) groups is 7. The van der Waals surface area contributed by atoms with E-state index in [1.807, 2.05) is 22.6 Å². The van der Waals surface area contributed by atoms with Crippen LogP contribution in [0.5, 0.6) is 5.75 Å². The second-order valence-corrected chi connectivity index (χ2v) is 24.5. The number of ether oxygens (including phenoxy) is 1. The van der Waals surface area contributed by atoms with Gasteiger partial charge in [-0.3, -0.25) is 33.6 Å². The third-order valence-electron chi connectivity index (χ3n) is 14.3. The number of fused-ring (bicyclic) bond motifs is 1. The first kappa shape index (κ1) is 67.4. The molecule has 84 heavy (non-hydrogen) atoms. The van der Waals surface area contributed by atoms with Gasteiger partial charge in [0.15, 0.2) is 0 Å². The summed E-state index contributed by atoms with van der Waals surface area (Å²) in [5.41, 5.74) is 8.13. The molecule has 19 N–H and O–H groups in total. The van der Waals surface area contributed by atoms with Gasteiger partial charge in [-0.25, -0.2) is 0 Å². The Bertz CT molecular complexity index is 2880. The lowest BCUT2D eigenvalue weighted by Crippen LogP contribution is -2.66. The van der Waals surface area contributed by atoms with Crippen molar-refractivity contribution in [3.63, 3.8) is 0 Å². The van der Waals surface area contributed by atoms with E-state index in [4.69, 9.17) is 10.5 Å². The van der Waals surface area contributed by atoms with Crippen LogP contribution < -0.4 is 48.3 Å². The zero-order valence-electron chi connectivity index (χ0n) is 46.1. The van der Waals surface area contributed by atoms with E-state index in [1.165, 1.54) is 26.0 Å². The molecule has 0 unspecified atom stereocenters. The summed E-state index contributed by atoms with van der Waals surface area (Å²) < 4.78 is 5.75. The predicted octanol–water partition coefficient (Wildman–Crippen LogP) is -3.06. The van der Waals surface area contributed by atoms with Crippen molar-refractivity contribution in [3.8, 4) is 5.75 Å². The number of aliphatic hydroxyl groups excluding tert-OH is 6. The van der Waals surface area contributed by atoms with E-state index in [2.05, 4.69) is 47.5 Å². The largest absolute Gasteiger partial charge is 0.507 e. The number of phenols is 1. The Balaban J connectivity index is 1.43. The first-order chi connectivity index (χ1) is 40.0. The summed E-state index contributed by atoms with van der Waals surface area (Å²) in [7, 11) is 1.85. The van der Waals surface area contributed by atoms with E-state index in [-0.39, 0.29) is 49.5 Å². The summed E-state index contributed by atoms with van der Waals surface area (Å²) in [6.45, 7) is 0.787. The predicted molar refractivity (Wildman–Crippen MR) is 319 cm³/mol. The zero-order chi connectivity index (χ0) is 61.3. The number of unbranched alkanes of at least 4 members (excludes halogenated alkanes) is 1. The van der Waals surface area contributed by atoms with Crippen molar-refractivity contribution in [1.82, 2.24) is 47.5 Å². The maximum Gasteiger partial charge on any atom is 0.245 e. The summed E-state index contributed by atoms with van der Waals surface area (Å²) in [5, 5.41) is 107. The monoisotopic (exact) mass is 1320 g/mol. The standard InChI is InChI=1S/C55H75IN10O16S2/c1-28(68)40(23-67)63-53(79)42-26-84-83-25-41(64-49(75)37(19-30-10-4-3-5-11-30)59-27-55(81)47(73)46(72)44(71)24-82-55)52(78)61-38(20-31-15-16-43(70)34(56)18-31)50(76)62-39(21-32-22-58-35-13-7-6-12-33(32)35)51(77)60-36(14-8-9-17-57)48(74)66-45(29(2)69)54(80)65-42/h3-7,10-13,15-16,18,22,28-29,36-42,44-47,58-59,67-73,81H,8-9,14,17,19-21,23-27,57H2,1-2H3,(H,60,77)(H,61,78)(H,62,76)(H,63,79)(H,64,75)(H,65,80)(H,66,74)/t28-,29-,36+,37+,38+,39-,40-,41+,42+,44+,45+,46-,47+,55+/m1/s1. The van der Waals surface area contributed by atoms with Crippen molar-refractivity contribution in [2.45, 2.75) is 137 Å². The van der Waals surface area contributed by atoms with Crippen LogP contribution in [0.25, 0.3) is 10.9 Å². The SMILES string of the molecule is C[C@@H](O)[C@@H]1NC(=O)[C@H](CCCCN)NC(=O)[C@@H](Cc2c[nH]c3ccccc23)NC(=O)[C@H](Cc2ccc(O)c(I)c2)NC(=O)[C@@H](NC(=O)[C@H](Cc2ccccc2)NC[C@]2(O)OC[C@H](O)[C@@H](O)[C@@H]2O)CSSC[C@@H](C(=O)N[C@H](CO)[C@@H](C)O)NC1=O. The lowest BCUT2D eigenvalue weighted by atomic mass is 9.96. The van der Waals surface area contributed by atoms with Gasteiger partial charge in [0.1, 0.15) is 60.3 Å². The highest BCUT2D eigenvalue weighted by Gasteiger charge is 2.49. The van der Waals surface area contributed by atoms with Crippen molar-refractivity contribution < 1.29 is 79.2 Å². The normalized spacial score (nSPS) is 26.7. The Hall–Kier alpha value is -5.68. The van der Waals surface area contributed by atoms with Gasteiger partial charge in [0.25, 0.3) is 0 Å². The first-order valence-electron chi connectivity index (χ1n) is 27.3. The van der Waals surface area contributed by atoms with Gasteiger partial charge in [-0.2, -0.15) is 0 Å². The molecule has 26 nitrogen and oxygen atoms in total. The molecule has 29 heteroatoms. The molecule has 2 fully saturated rings. The van der Waals surface area contributed by atoms with E-state index in [9.17, 15) is 64.8 Å². The molecule has 2 aliphatic rings. The Labute approximate surface area is 505 Å². The molecule has 0 radical (unpaired) electrons. The summed E-state index contributed by atoms with van der Waals surface area (Å²) in [5.74, 6) is -9.68. The average Bonchev–Trinajstić information content (AvgIpc) is 3.97. The highest BCUT2D eigenvalue weighted by molar-refractivity contribution is 14.1. The van der Waals surface area contributed by atoms with Crippen LogP contribution in [-0.2, 0) is 57.6 Å². The average molecular weight is 1320 g/mol. The molecule has 6 rings (SSSR count). The number of benzene rings is 3. The van der Waals surface area contributed by atoms with Crippen molar-refractivity contribution >= 4 is 96.4 Å². The number of amides is 7. The maximum atomic E-state index is 15.1. The van der Waals surface area contributed by atoms with Gasteiger partial charge >= 0.3 is 0 Å². The topological polar surface area (TPSA) is 429 Å². The molecule has 460 valence electrons. The number of nitrogens with two attached hydrogens (primary N) is 1. The number of aromatic nitrogens is 1. The maximum absolute atomic E-state index is 15.1. The Morgan fingerprint density at radius 1 is 0.810 bits per heavy atom. The molecule has 3 aromatic carbocycles. The second-order valence-electron chi connectivity index (χ2n) is 20.8. The molecule has 0 aliphatic carbocycles. The number of halogens is 1. The summed E-state index contributed by atoms with van der Waals surface area (Å²) in [6, 6.07) is 8.44. The number of nitrogens with one attached hydrogen (secondary N) is 9. The van der Waals surface area contributed by atoms with Crippen LogP contribution in [0.2, 0.25) is 0 Å². The van der Waals surface area contributed by atoms with Crippen LogP contribution in [-0.4, -0.2) is 210 Å². The second kappa shape index (κ2) is 32.2. The Kier molecular flexibility index (Phi) is 25.8. The lowest BCUT2D eigenvalue weighted by Gasteiger charge is -2.42. The van der Waals surface area contributed by atoms with Crippen LogP contribution in [0.3, 0.4) is 0 Å². The van der Waals surface area contributed by atoms with Crippen LogP contribution >= 0.6 is 44.2 Å². The summed E-state index contributed by atoms with van der Waals surface area (Å²) in [4.78, 5) is 105. The fraction of sp³-hybridized carbons (Fsp3) is 0.509. The van der Waals surface area contributed by atoms with E-state index in [0.29, 0.717) is 44.0 Å². The summed E-state index contributed by atoms with van der Waals surface area (Å²) in [6.07, 6.45) is -6.46. The van der Waals surface area contributed by atoms with E-state index < -0.39 is 146 Å². The molecule has 3 heterocycles. The van der Waals surface area contributed by atoms with Gasteiger partial charge in [-0.05, 0) is 104 Å². The minimum Gasteiger partial charge on any atom is -0.507 e. The Morgan fingerprint density at radius 3 is 2.14 bits per heavy atom. The van der Waals surface area contributed by atoms with Gasteiger partial charge in [0, 0.05) is 41.4 Å². The lowest BCUT2D eigenvalue weighted by molar-refractivity contribution is -0.318. The molecular weight excluding hydrogens is 1250 g/mol. The number of aromatic amines is 1. The molecular formula is C55H75IN10O16S2. The van der Waals surface area contributed by atoms with E-state index >= 15 is 9.59 Å². The number of para-hydroxylation sites is 1. The number of aromatic hydroxyl groups is 1. The van der Waals surface area contributed by atoms with Gasteiger partial charge in [0.05, 0.1) is 47.6 Å². The minimum absolute atomic E-state index is 0.0334. The number of carbonyl (C=O) groups excluding carboxylic acids is 7. The van der Waals surface area contributed by atoms with Gasteiger partial charge in [-0.1, -0.05) is 76.2 Å². The van der Waals surface area contributed by atoms with E-state index in [0.717, 1.165) is 21.6 Å². The van der Waals surface area contributed by atoms with Crippen molar-refractivity contribution in [3.05, 3.63) is 99.3 Å². The van der Waals surface area contributed by atoms with Crippen LogP contribution in [0.1, 0.15) is 49.8 Å². The van der Waals surface area contributed by atoms with Gasteiger partial charge in [0.2, 0.25) is 47.1 Å². The third kappa shape index (κ3) is 18.9. The number of hydrogen-bond acceptors (Lipinski definition) is 20. The van der Waals surface area contributed by atoms with E-state index in [1.54, 1.807) is 66.9 Å². The fourth-order valence-electron chi connectivity index (χ4n) is 9.25. The fourth-order valence-corrected chi connectivity index (χ4v) is 12.2. The zero-order valence-corrected chi connectivity index (χ0v) is 49.9. The minimum atomic E-state index is -2.51. The third-order valence-corrected chi connectivity index (χ3v) is 17.6. The van der Waals surface area contributed by atoms with Crippen molar-refractivity contribution in [2.75, 3.05) is 37.8 Å². The molecule has 4 aromatic rings.